The molecule has 1 heterocycles. The molecule has 222 valence electrons. The average Bonchev–Trinajstić information content (AvgIpc) is 3.57. The summed E-state index contributed by atoms with van der Waals surface area (Å²) in [5.41, 5.74) is 5.18. The molecule has 1 unspecified atom stereocenters. The second kappa shape index (κ2) is 13.4. The minimum absolute atomic E-state index is 0.0790. The van der Waals surface area contributed by atoms with Crippen molar-refractivity contribution >= 4 is 34.8 Å². The highest BCUT2D eigenvalue weighted by Gasteiger charge is 2.28. The van der Waals surface area contributed by atoms with Crippen LogP contribution in [0.25, 0.3) is 17.2 Å². The van der Waals surface area contributed by atoms with Crippen molar-refractivity contribution in [2.75, 3.05) is 40.2 Å². The molecular weight excluding hydrogens is 541 g/mol. The van der Waals surface area contributed by atoms with Gasteiger partial charge < -0.3 is 29.3 Å². The van der Waals surface area contributed by atoms with E-state index in [4.69, 9.17) is 18.6 Å². The fourth-order valence-corrected chi connectivity index (χ4v) is 4.88. The van der Waals surface area contributed by atoms with Gasteiger partial charge in [-0.05, 0) is 104 Å². The molecular formula is C32H36FN3O6. The summed E-state index contributed by atoms with van der Waals surface area (Å²) < 4.78 is 36.3. The topological polar surface area (TPSA) is 102 Å². The molecule has 0 bridgehead atoms. The lowest BCUT2D eigenvalue weighted by Gasteiger charge is -2.26. The van der Waals surface area contributed by atoms with Crippen LogP contribution in [0, 0.1) is 5.82 Å². The molecule has 0 saturated carbocycles. The number of methoxy groups -OCH3 is 2. The first-order valence-electron chi connectivity index (χ1n) is 13.5. The third-order valence-electron chi connectivity index (χ3n) is 6.98. The summed E-state index contributed by atoms with van der Waals surface area (Å²) in [6.45, 7) is 4.18. The number of esters is 1. The molecule has 3 aromatic rings. The molecule has 1 aliphatic rings. The number of benzene rings is 2. The monoisotopic (exact) mass is 577 g/mol. The molecule has 2 N–H and O–H groups in total. The van der Waals surface area contributed by atoms with E-state index in [2.05, 4.69) is 10.6 Å². The highest BCUT2D eigenvalue weighted by molar-refractivity contribution is 6.08. The van der Waals surface area contributed by atoms with Crippen LogP contribution in [0.1, 0.15) is 42.7 Å². The third kappa shape index (κ3) is 6.66. The van der Waals surface area contributed by atoms with Crippen LogP contribution < -0.4 is 20.1 Å². The van der Waals surface area contributed by atoms with E-state index < -0.39 is 12.1 Å². The van der Waals surface area contributed by atoms with Gasteiger partial charge in [-0.2, -0.15) is 0 Å². The van der Waals surface area contributed by atoms with Crippen LogP contribution in [0.2, 0.25) is 0 Å². The van der Waals surface area contributed by atoms with Crippen molar-refractivity contribution in [2.45, 2.75) is 33.0 Å². The van der Waals surface area contributed by atoms with Crippen LogP contribution in [0.4, 0.5) is 10.1 Å². The third-order valence-corrected chi connectivity index (χ3v) is 6.98. The summed E-state index contributed by atoms with van der Waals surface area (Å²) in [7, 11) is 6.58. The first-order valence-corrected chi connectivity index (χ1v) is 13.5. The lowest BCUT2D eigenvalue weighted by atomic mass is 10.00. The lowest BCUT2D eigenvalue weighted by Crippen LogP contribution is -2.43. The van der Waals surface area contributed by atoms with Gasteiger partial charge in [0, 0.05) is 0 Å². The van der Waals surface area contributed by atoms with E-state index >= 15 is 0 Å². The van der Waals surface area contributed by atoms with Crippen molar-refractivity contribution in [3.8, 4) is 11.5 Å². The Morgan fingerprint density at radius 1 is 1.07 bits per heavy atom. The number of halogens is 1. The maximum atomic E-state index is 14.4. The molecule has 1 aromatic heterocycles. The zero-order chi connectivity index (χ0) is 30.4. The molecule has 42 heavy (non-hydrogen) atoms. The Labute approximate surface area is 244 Å². The van der Waals surface area contributed by atoms with E-state index in [9.17, 15) is 14.0 Å². The number of nitrogens with one attached hydrogen (secondary N) is 2. The van der Waals surface area contributed by atoms with Gasteiger partial charge in [0.05, 0.1) is 40.1 Å². The number of furan rings is 1. The first-order chi connectivity index (χ1) is 20.2. The summed E-state index contributed by atoms with van der Waals surface area (Å²) in [6.07, 6.45) is 2.80. The van der Waals surface area contributed by atoms with Gasteiger partial charge in [-0.3, -0.25) is 9.69 Å². The van der Waals surface area contributed by atoms with E-state index in [0.717, 1.165) is 27.8 Å². The second-order valence-corrected chi connectivity index (χ2v) is 9.95. The van der Waals surface area contributed by atoms with Crippen molar-refractivity contribution < 1.29 is 32.6 Å². The number of nitrogens with zero attached hydrogens (tertiary/aromatic N) is 1. The standard InChI is InChI=1S/C32H36FN3O6/c1-7-41-32(38)31(36(3)4)35-30-27(39-5)14-20(15-28(30)40-6)13-24-19(2)25(26-16-21(33)10-11-23(24)26)17-29(37)34-18-22-9-8-12-42-22/h8-16,31,35H,7,17-18H2,1-6H3,(H,34,37)/b24-13-. The van der Waals surface area contributed by atoms with Crippen LogP contribution >= 0.6 is 0 Å². The fourth-order valence-electron chi connectivity index (χ4n) is 4.88. The SMILES string of the molecule is CCOC(=O)C(Nc1c(OC)cc(/C=C2/C(C)=C(CC(=O)NCc3ccco3)c3cc(F)ccc32)cc1OC)N(C)C. The summed E-state index contributed by atoms with van der Waals surface area (Å²) in [5.74, 6) is 0.532. The number of carbonyl (C=O) groups is 2. The predicted octanol–water partition coefficient (Wildman–Crippen LogP) is 5.33. The molecule has 4 rings (SSSR count). The molecule has 0 saturated heterocycles. The normalized spacial score (nSPS) is 14.1. The molecule has 0 fully saturated rings. The summed E-state index contributed by atoms with van der Waals surface area (Å²) in [4.78, 5) is 27.1. The van der Waals surface area contributed by atoms with Crippen molar-refractivity contribution in [1.82, 2.24) is 10.2 Å². The van der Waals surface area contributed by atoms with Crippen LogP contribution in [-0.2, 0) is 20.9 Å². The smallest absolute Gasteiger partial charge is 0.343 e. The van der Waals surface area contributed by atoms with E-state index in [1.54, 1.807) is 50.4 Å². The van der Waals surface area contributed by atoms with Crippen molar-refractivity contribution in [3.63, 3.8) is 0 Å². The highest BCUT2D eigenvalue weighted by Crippen LogP contribution is 2.45. The summed E-state index contributed by atoms with van der Waals surface area (Å²) in [6, 6.07) is 11.8. The fraction of sp³-hybridized carbons (Fsp3) is 0.312. The number of allylic oxidation sites excluding steroid dienone is 2. The Morgan fingerprint density at radius 2 is 1.79 bits per heavy atom. The average molecular weight is 578 g/mol. The predicted molar refractivity (Wildman–Crippen MR) is 159 cm³/mol. The summed E-state index contributed by atoms with van der Waals surface area (Å²) in [5, 5.41) is 6.04. The van der Waals surface area contributed by atoms with E-state index in [0.29, 0.717) is 28.5 Å². The van der Waals surface area contributed by atoms with Crippen LogP contribution in [0.3, 0.4) is 0 Å². The van der Waals surface area contributed by atoms with Crippen LogP contribution in [0.15, 0.2) is 58.7 Å². The van der Waals surface area contributed by atoms with E-state index in [1.165, 1.54) is 26.4 Å². The molecule has 0 spiro atoms. The molecule has 1 amide bonds. The number of anilines is 1. The Balaban J connectivity index is 1.70. The molecule has 0 aliphatic heterocycles. The zero-order valence-electron chi connectivity index (χ0n) is 24.7. The Morgan fingerprint density at radius 3 is 2.38 bits per heavy atom. The molecule has 2 aromatic carbocycles. The first kappa shape index (κ1) is 30.4. The maximum Gasteiger partial charge on any atom is 0.343 e. The quantitative estimate of drug-likeness (QED) is 0.220. The van der Waals surface area contributed by atoms with Crippen molar-refractivity contribution in [2.24, 2.45) is 0 Å². The van der Waals surface area contributed by atoms with Gasteiger partial charge in [-0.25, -0.2) is 9.18 Å². The summed E-state index contributed by atoms with van der Waals surface area (Å²) >= 11 is 0. The van der Waals surface area contributed by atoms with Gasteiger partial charge in [0.15, 0.2) is 6.17 Å². The maximum absolute atomic E-state index is 14.4. The molecule has 1 atom stereocenters. The van der Waals surface area contributed by atoms with Crippen molar-refractivity contribution in [3.05, 3.63) is 82.6 Å². The number of hydrogen-bond donors (Lipinski definition) is 2. The van der Waals surface area contributed by atoms with Crippen molar-refractivity contribution in [1.29, 1.82) is 0 Å². The number of carbonyl (C=O) groups excluding carboxylic acids is 2. The number of rotatable bonds is 12. The van der Waals surface area contributed by atoms with Gasteiger partial charge in [0.25, 0.3) is 0 Å². The van der Waals surface area contributed by atoms with E-state index in [-0.39, 0.29) is 31.3 Å². The zero-order valence-corrected chi connectivity index (χ0v) is 24.7. The minimum Gasteiger partial charge on any atom is -0.494 e. The molecule has 10 heteroatoms. The number of ether oxygens (including phenoxy) is 3. The minimum atomic E-state index is -0.778. The van der Waals surface area contributed by atoms with Gasteiger partial charge in [-0.15, -0.1) is 0 Å². The van der Waals surface area contributed by atoms with Gasteiger partial charge in [0.2, 0.25) is 5.91 Å². The number of fused-ring (bicyclic) bond motifs is 1. The van der Waals surface area contributed by atoms with Gasteiger partial charge in [0.1, 0.15) is 28.8 Å². The Kier molecular flexibility index (Phi) is 9.69. The Hall–Kier alpha value is -4.57. The van der Waals surface area contributed by atoms with E-state index in [1.807, 2.05) is 25.1 Å². The second-order valence-electron chi connectivity index (χ2n) is 9.95. The molecule has 1 aliphatic carbocycles. The largest absolute Gasteiger partial charge is 0.494 e. The molecule has 0 radical (unpaired) electrons. The number of likely N-dealkylation sites (N-methyl/N-ethyl adjacent to an activating group) is 1. The van der Waals surface area contributed by atoms with Crippen LogP contribution in [0.5, 0.6) is 11.5 Å². The number of amides is 1. The van der Waals surface area contributed by atoms with Gasteiger partial charge >= 0.3 is 5.97 Å². The lowest BCUT2D eigenvalue weighted by molar-refractivity contribution is -0.147. The number of hydrogen-bond acceptors (Lipinski definition) is 8. The van der Waals surface area contributed by atoms with Gasteiger partial charge in [-0.1, -0.05) is 6.07 Å². The molecule has 9 nitrogen and oxygen atoms in total. The Bertz CT molecular complexity index is 1490. The van der Waals surface area contributed by atoms with Crippen LogP contribution in [-0.4, -0.2) is 57.9 Å². The highest BCUT2D eigenvalue weighted by atomic mass is 19.1.